The molecule has 0 unspecified atom stereocenters. The van der Waals surface area contributed by atoms with Crippen molar-refractivity contribution in [3.8, 4) is 5.75 Å². The number of carboxylic acid groups (broad SMARTS) is 1. The van der Waals surface area contributed by atoms with Crippen molar-refractivity contribution < 1.29 is 19.4 Å². The van der Waals surface area contributed by atoms with Gasteiger partial charge in [0.25, 0.3) is 5.91 Å². The lowest BCUT2D eigenvalue weighted by Gasteiger charge is -2.07. The minimum absolute atomic E-state index is 0.0224. The number of nitrogens with one attached hydrogen (secondary N) is 1. The quantitative estimate of drug-likeness (QED) is 0.752. The Labute approximate surface area is 152 Å². The fourth-order valence-corrected chi connectivity index (χ4v) is 3.27. The summed E-state index contributed by atoms with van der Waals surface area (Å²) in [5.41, 5.74) is 0.707. The van der Waals surface area contributed by atoms with E-state index in [1.54, 1.807) is 19.1 Å². The Morgan fingerprint density at radius 1 is 1.38 bits per heavy atom. The molecule has 0 radical (unpaired) electrons. The number of rotatable bonds is 7. The van der Waals surface area contributed by atoms with Crippen LogP contribution in [0.1, 0.15) is 17.0 Å². The van der Waals surface area contributed by atoms with E-state index in [1.807, 2.05) is 0 Å². The fraction of sp³-hybridized carbons (Fsp3) is 0.267. The maximum atomic E-state index is 11.9. The van der Waals surface area contributed by atoms with Crippen LogP contribution in [0.3, 0.4) is 0 Å². The summed E-state index contributed by atoms with van der Waals surface area (Å²) in [5, 5.41) is 12.5. The van der Waals surface area contributed by atoms with E-state index >= 15 is 0 Å². The molecule has 0 bridgehead atoms. The molecule has 0 aliphatic heterocycles. The first-order valence-electron chi connectivity index (χ1n) is 6.91. The molecule has 1 amide bonds. The summed E-state index contributed by atoms with van der Waals surface area (Å²) >= 11 is 13.0. The van der Waals surface area contributed by atoms with Gasteiger partial charge in [0, 0.05) is 9.90 Å². The Balaban J connectivity index is 1.90. The number of carboxylic acids is 1. The lowest BCUT2D eigenvalue weighted by molar-refractivity contribution is -0.137. The number of anilines is 1. The van der Waals surface area contributed by atoms with E-state index in [1.165, 1.54) is 17.4 Å². The number of hydrogen-bond donors (Lipinski definition) is 2. The van der Waals surface area contributed by atoms with Gasteiger partial charge in [0.2, 0.25) is 0 Å². The summed E-state index contributed by atoms with van der Waals surface area (Å²) in [6.45, 7) is 1.54. The van der Waals surface area contributed by atoms with E-state index in [9.17, 15) is 9.59 Å². The minimum atomic E-state index is -0.873. The molecule has 1 heterocycles. The zero-order valence-electron chi connectivity index (χ0n) is 12.6. The highest BCUT2D eigenvalue weighted by molar-refractivity contribution is 7.15. The summed E-state index contributed by atoms with van der Waals surface area (Å²) < 4.78 is 5.34. The Bertz CT molecular complexity index is 764. The van der Waals surface area contributed by atoms with E-state index in [2.05, 4.69) is 10.3 Å². The molecule has 6 nitrogen and oxygen atoms in total. The molecule has 0 spiro atoms. The summed E-state index contributed by atoms with van der Waals surface area (Å²) in [4.78, 5) is 27.6. The minimum Gasteiger partial charge on any atom is -0.482 e. The second kappa shape index (κ2) is 8.32. The molecule has 9 heteroatoms. The van der Waals surface area contributed by atoms with E-state index < -0.39 is 5.97 Å². The lowest BCUT2D eigenvalue weighted by atomic mass is 10.2. The molecule has 24 heavy (non-hydrogen) atoms. The van der Waals surface area contributed by atoms with E-state index in [0.717, 1.165) is 4.88 Å². The molecule has 1 aromatic heterocycles. The van der Waals surface area contributed by atoms with Gasteiger partial charge >= 0.3 is 5.97 Å². The highest BCUT2D eigenvalue weighted by Gasteiger charge is 2.12. The van der Waals surface area contributed by atoms with Crippen LogP contribution >= 0.6 is 34.5 Å². The molecule has 0 fully saturated rings. The Morgan fingerprint density at radius 2 is 2.12 bits per heavy atom. The van der Waals surface area contributed by atoms with Gasteiger partial charge < -0.3 is 9.84 Å². The molecule has 0 saturated heterocycles. The van der Waals surface area contributed by atoms with Crippen LogP contribution in [-0.2, 0) is 16.0 Å². The Morgan fingerprint density at radius 3 is 2.79 bits per heavy atom. The van der Waals surface area contributed by atoms with Crippen molar-refractivity contribution in [2.24, 2.45) is 0 Å². The van der Waals surface area contributed by atoms with Crippen molar-refractivity contribution in [2.45, 2.75) is 19.8 Å². The van der Waals surface area contributed by atoms with Gasteiger partial charge in [-0.2, -0.15) is 0 Å². The van der Waals surface area contributed by atoms with E-state index in [-0.39, 0.29) is 18.9 Å². The van der Waals surface area contributed by atoms with Crippen LogP contribution in [-0.4, -0.2) is 28.6 Å². The number of amides is 1. The predicted octanol–water partition coefficient (Wildman–Crippen LogP) is 3.79. The van der Waals surface area contributed by atoms with Gasteiger partial charge in [-0.05, 0) is 31.5 Å². The van der Waals surface area contributed by atoms with E-state index in [4.69, 9.17) is 33.0 Å². The van der Waals surface area contributed by atoms with Crippen LogP contribution in [0.15, 0.2) is 18.2 Å². The predicted molar refractivity (Wildman–Crippen MR) is 93.4 cm³/mol. The maximum absolute atomic E-state index is 11.9. The zero-order valence-corrected chi connectivity index (χ0v) is 15.0. The molecule has 2 N–H and O–H groups in total. The van der Waals surface area contributed by atoms with Gasteiger partial charge in [0.05, 0.1) is 17.1 Å². The van der Waals surface area contributed by atoms with Crippen LogP contribution < -0.4 is 10.1 Å². The monoisotopic (exact) mass is 388 g/mol. The van der Waals surface area contributed by atoms with Crippen LogP contribution in [0.5, 0.6) is 5.75 Å². The highest BCUT2D eigenvalue weighted by Crippen LogP contribution is 2.27. The van der Waals surface area contributed by atoms with Crippen molar-refractivity contribution in [3.05, 3.63) is 38.8 Å². The first-order chi connectivity index (χ1) is 11.3. The van der Waals surface area contributed by atoms with Crippen LogP contribution in [0.2, 0.25) is 10.0 Å². The molecule has 0 atom stereocenters. The number of aliphatic carboxylic acids is 1. The third kappa shape index (κ3) is 5.36. The van der Waals surface area contributed by atoms with Crippen molar-refractivity contribution in [1.29, 1.82) is 0 Å². The molecule has 0 aliphatic rings. The number of hydrogen-bond acceptors (Lipinski definition) is 5. The molecular weight excluding hydrogens is 375 g/mol. The van der Waals surface area contributed by atoms with Crippen molar-refractivity contribution >= 4 is 51.5 Å². The number of thiazole rings is 1. The van der Waals surface area contributed by atoms with E-state index in [0.29, 0.717) is 33.0 Å². The first-order valence-corrected chi connectivity index (χ1v) is 8.48. The highest BCUT2D eigenvalue weighted by atomic mass is 35.5. The van der Waals surface area contributed by atoms with Crippen LogP contribution in [0.25, 0.3) is 0 Å². The molecule has 2 rings (SSSR count). The zero-order chi connectivity index (χ0) is 17.7. The average Bonchev–Trinajstić information content (AvgIpc) is 2.84. The van der Waals surface area contributed by atoms with Crippen LogP contribution in [0.4, 0.5) is 5.13 Å². The number of aryl methyl sites for hydroxylation is 2. The third-order valence-electron chi connectivity index (χ3n) is 2.96. The van der Waals surface area contributed by atoms with Crippen molar-refractivity contribution in [2.75, 3.05) is 11.9 Å². The smallest absolute Gasteiger partial charge is 0.303 e. The molecule has 1 aromatic carbocycles. The summed E-state index contributed by atoms with van der Waals surface area (Å²) in [5.74, 6) is -0.908. The molecule has 0 aliphatic carbocycles. The number of carbonyl (C=O) groups is 2. The summed E-state index contributed by atoms with van der Waals surface area (Å²) in [6.07, 6.45) is 0.403. The maximum Gasteiger partial charge on any atom is 0.303 e. The summed E-state index contributed by atoms with van der Waals surface area (Å²) in [6, 6.07) is 4.71. The SMILES string of the molecule is Cc1nc(NC(=O)COc2ccc(Cl)cc2Cl)sc1CCC(=O)O. The molecule has 128 valence electrons. The number of ether oxygens (including phenoxy) is 1. The second-order valence-corrected chi connectivity index (χ2v) is 6.76. The fourth-order valence-electron chi connectivity index (χ4n) is 1.82. The number of aromatic nitrogens is 1. The van der Waals surface area contributed by atoms with Crippen molar-refractivity contribution in [3.63, 3.8) is 0 Å². The van der Waals surface area contributed by atoms with Gasteiger partial charge in [-0.15, -0.1) is 11.3 Å². The number of halogens is 2. The van der Waals surface area contributed by atoms with Gasteiger partial charge in [0.15, 0.2) is 11.7 Å². The standard InChI is InChI=1S/C15H14Cl2N2O4S/c1-8-12(4-5-14(21)22)24-15(18-8)19-13(20)7-23-11-3-2-9(16)6-10(11)17/h2-3,6H,4-5,7H2,1H3,(H,21,22)(H,18,19,20). The number of benzene rings is 1. The number of nitrogens with zero attached hydrogens (tertiary/aromatic N) is 1. The Hall–Kier alpha value is -1.83. The largest absolute Gasteiger partial charge is 0.482 e. The first kappa shape index (κ1) is 18.5. The van der Waals surface area contributed by atoms with Crippen molar-refractivity contribution in [1.82, 2.24) is 4.98 Å². The average molecular weight is 389 g/mol. The summed E-state index contributed by atoms with van der Waals surface area (Å²) in [7, 11) is 0. The number of carbonyl (C=O) groups excluding carboxylic acids is 1. The second-order valence-electron chi connectivity index (χ2n) is 4.83. The topological polar surface area (TPSA) is 88.5 Å². The lowest BCUT2D eigenvalue weighted by Crippen LogP contribution is -2.20. The Kier molecular flexibility index (Phi) is 6.42. The van der Waals surface area contributed by atoms with Crippen LogP contribution in [0, 0.1) is 6.92 Å². The normalized spacial score (nSPS) is 10.5. The van der Waals surface area contributed by atoms with Gasteiger partial charge in [0.1, 0.15) is 5.75 Å². The molecule has 2 aromatic rings. The molecule has 0 saturated carbocycles. The third-order valence-corrected chi connectivity index (χ3v) is 4.62. The van der Waals surface area contributed by atoms with Gasteiger partial charge in [-0.25, -0.2) is 4.98 Å². The van der Waals surface area contributed by atoms with Gasteiger partial charge in [-0.3, -0.25) is 14.9 Å². The molecular formula is C15H14Cl2N2O4S. The van der Waals surface area contributed by atoms with Gasteiger partial charge in [-0.1, -0.05) is 23.2 Å².